The van der Waals surface area contributed by atoms with Crippen molar-refractivity contribution in [1.29, 1.82) is 0 Å². The highest BCUT2D eigenvalue weighted by molar-refractivity contribution is 6.31. The molecule has 0 atom stereocenters. The van der Waals surface area contributed by atoms with Crippen LogP contribution in [0.5, 0.6) is 5.75 Å². The third kappa shape index (κ3) is 9.36. The lowest BCUT2D eigenvalue weighted by atomic mass is 9.92. The van der Waals surface area contributed by atoms with Gasteiger partial charge in [0.1, 0.15) is 5.75 Å². The molecule has 0 fully saturated rings. The van der Waals surface area contributed by atoms with Crippen molar-refractivity contribution >= 4 is 51.1 Å². The normalized spacial score (nSPS) is 12.7. The number of anilines is 1. The zero-order chi connectivity index (χ0) is 31.4. The van der Waals surface area contributed by atoms with E-state index in [9.17, 15) is 9.59 Å². The van der Waals surface area contributed by atoms with Crippen LogP contribution >= 0.6 is 11.6 Å². The Bertz CT molecular complexity index is 1600. The number of rotatable bonds is 16. The van der Waals surface area contributed by atoms with Crippen LogP contribution in [0.15, 0.2) is 42.6 Å². The average Bonchev–Trinajstić information content (AvgIpc) is 3.42. The highest BCUT2D eigenvalue weighted by Crippen LogP contribution is 2.34. The van der Waals surface area contributed by atoms with Gasteiger partial charge in [-0.2, -0.15) is 0 Å². The molecule has 0 saturated heterocycles. The number of carbonyl (C=O) groups is 2. The fourth-order valence-corrected chi connectivity index (χ4v) is 6.43. The summed E-state index contributed by atoms with van der Waals surface area (Å²) in [6.45, 7) is 3.66. The summed E-state index contributed by atoms with van der Waals surface area (Å²) in [5.74, 6) is 0.462. The fourth-order valence-electron chi connectivity index (χ4n) is 6.26. The molecule has 0 radical (unpaired) electrons. The SMILES string of the molecule is CC(=O)NCCc1c[nH]c2ccc(OC(=O)NCCCCCCCCCCNc3c4c(nc5cc(Cl)ccc35)CCCC4)cc12. The number of nitrogens with one attached hydrogen (secondary N) is 4. The van der Waals surface area contributed by atoms with Gasteiger partial charge >= 0.3 is 6.09 Å². The van der Waals surface area contributed by atoms with Crippen LogP contribution in [0, 0.1) is 0 Å². The lowest BCUT2D eigenvalue weighted by Gasteiger charge is -2.22. The Hall–Kier alpha value is -3.78. The molecule has 0 unspecified atom stereocenters. The molecule has 4 aromatic rings. The largest absolute Gasteiger partial charge is 0.412 e. The molecular formula is C36H46ClN5O3. The molecule has 240 valence electrons. The highest BCUT2D eigenvalue weighted by Gasteiger charge is 2.18. The van der Waals surface area contributed by atoms with Gasteiger partial charge in [0.05, 0.1) is 5.52 Å². The van der Waals surface area contributed by atoms with Crippen molar-refractivity contribution in [3.05, 3.63) is 64.4 Å². The van der Waals surface area contributed by atoms with Crippen molar-refractivity contribution in [2.45, 2.75) is 90.4 Å². The smallest absolute Gasteiger partial charge is 0.410 e. The first-order valence-corrected chi connectivity index (χ1v) is 17.0. The van der Waals surface area contributed by atoms with Gasteiger partial charge in [-0.25, -0.2) is 4.79 Å². The van der Waals surface area contributed by atoms with Gasteiger partial charge in [0.2, 0.25) is 5.91 Å². The Morgan fingerprint density at radius 1 is 0.867 bits per heavy atom. The van der Waals surface area contributed by atoms with Gasteiger partial charge in [-0.05, 0) is 92.5 Å². The molecular weight excluding hydrogens is 586 g/mol. The van der Waals surface area contributed by atoms with Crippen LogP contribution in [0.4, 0.5) is 10.5 Å². The van der Waals surface area contributed by atoms with Crippen LogP contribution in [0.1, 0.15) is 88.0 Å². The number of carbonyl (C=O) groups excluding carboxylic acids is 2. The van der Waals surface area contributed by atoms with Crippen molar-refractivity contribution in [3.8, 4) is 5.75 Å². The first-order valence-electron chi connectivity index (χ1n) is 16.6. The minimum atomic E-state index is -0.428. The maximum absolute atomic E-state index is 12.3. The van der Waals surface area contributed by atoms with Gasteiger partial charge in [-0.15, -0.1) is 0 Å². The molecule has 0 aliphatic heterocycles. The van der Waals surface area contributed by atoms with E-state index in [1.807, 2.05) is 30.5 Å². The van der Waals surface area contributed by atoms with Crippen LogP contribution in [0.3, 0.4) is 0 Å². The lowest BCUT2D eigenvalue weighted by Crippen LogP contribution is -2.27. The first kappa shape index (κ1) is 32.6. The van der Waals surface area contributed by atoms with E-state index in [2.05, 4.69) is 27.0 Å². The van der Waals surface area contributed by atoms with E-state index in [-0.39, 0.29) is 5.91 Å². The molecule has 9 heteroatoms. The maximum Gasteiger partial charge on any atom is 0.412 e. The molecule has 4 N–H and O–H groups in total. The van der Waals surface area contributed by atoms with Crippen LogP contribution in [-0.4, -0.2) is 41.6 Å². The molecule has 5 rings (SSSR count). The number of ether oxygens (including phenoxy) is 1. The van der Waals surface area contributed by atoms with Gasteiger partial charge in [0.25, 0.3) is 0 Å². The molecule has 0 spiro atoms. The summed E-state index contributed by atoms with van der Waals surface area (Å²) in [4.78, 5) is 31.6. The third-order valence-corrected chi connectivity index (χ3v) is 8.85. The van der Waals surface area contributed by atoms with Crippen LogP contribution in [0.25, 0.3) is 21.8 Å². The summed E-state index contributed by atoms with van der Waals surface area (Å²) >= 11 is 6.26. The summed E-state index contributed by atoms with van der Waals surface area (Å²) < 4.78 is 5.52. The van der Waals surface area contributed by atoms with Gasteiger partial charge in [-0.1, -0.05) is 50.1 Å². The number of H-pyrrole nitrogens is 1. The topological polar surface area (TPSA) is 108 Å². The number of benzene rings is 2. The predicted octanol–water partition coefficient (Wildman–Crippen LogP) is 8.25. The molecule has 1 aliphatic rings. The molecule has 0 saturated carbocycles. The quantitative estimate of drug-likeness (QED) is 0.0931. The Morgan fingerprint density at radius 2 is 1.62 bits per heavy atom. The second-order valence-electron chi connectivity index (χ2n) is 12.1. The minimum absolute atomic E-state index is 0.0460. The number of nitrogens with zero attached hydrogens (tertiary/aromatic N) is 1. The molecule has 2 aromatic carbocycles. The van der Waals surface area contributed by atoms with Crippen molar-refractivity contribution in [3.63, 3.8) is 0 Å². The first-order chi connectivity index (χ1) is 22.0. The summed E-state index contributed by atoms with van der Waals surface area (Å²) in [7, 11) is 0. The zero-order valence-electron chi connectivity index (χ0n) is 26.4. The van der Waals surface area contributed by atoms with E-state index >= 15 is 0 Å². The van der Waals surface area contributed by atoms with E-state index in [0.717, 1.165) is 65.7 Å². The van der Waals surface area contributed by atoms with E-state index in [1.54, 1.807) is 6.07 Å². The van der Waals surface area contributed by atoms with Crippen LogP contribution < -0.4 is 20.7 Å². The third-order valence-electron chi connectivity index (χ3n) is 8.62. The number of hydrogen-bond donors (Lipinski definition) is 4. The van der Waals surface area contributed by atoms with Crippen LogP contribution in [-0.2, 0) is 24.1 Å². The zero-order valence-corrected chi connectivity index (χ0v) is 27.2. The standard InChI is InChI=1S/C36H46ClN5O3/c1-25(43)38-21-18-26-24-41-32-17-15-28(23-31(26)32)45-36(44)40-20-11-7-5-3-2-4-6-10-19-39-35-29-12-8-9-13-33(29)42-34-22-27(37)14-16-30(34)35/h14-17,22-24,41H,2-13,18-21H2,1H3,(H,38,43)(H,39,42)(H,40,44). The number of amides is 2. The number of aryl methyl sites for hydroxylation is 1. The van der Waals surface area contributed by atoms with Gasteiger partial charge in [0.15, 0.2) is 0 Å². The Kier molecular flexibility index (Phi) is 12.0. The molecule has 2 heterocycles. The van der Waals surface area contributed by atoms with E-state index in [0.29, 0.717) is 25.3 Å². The van der Waals surface area contributed by atoms with Gasteiger partial charge < -0.3 is 25.7 Å². The summed E-state index contributed by atoms with van der Waals surface area (Å²) in [6, 6.07) is 11.6. The fraction of sp³-hybridized carbons (Fsp3) is 0.472. The van der Waals surface area contributed by atoms with Gasteiger partial charge in [0, 0.05) is 65.4 Å². The molecule has 0 bridgehead atoms. The number of hydrogen-bond acceptors (Lipinski definition) is 5. The van der Waals surface area contributed by atoms with E-state index in [4.69, 9.17) is 21.3 Å². The van der Waals surface area contributed by atoms with Crippen molar-refractivity contribution in [2.24, 2.45) is 0 Å². The van der Waals surface area contributed by atoms with Crippen molar-refractivity contribution < 1.29 is 14.3 Å². The Morgan fingerprint density at radius 3 is 2.42 bits per heavy atom. The lowest BCUT2D eigenvalue weighted by molar-refractivity contribution is -0.118. The number of aromatic amines is 1. The van der Waals surface area contributed by atoms with Crippen molar-refractivity contribution in [1.82, 2.24) is 20.6 Å². The van der Waals surface area contributed by atoms with Crippen molar-refractivity contribution in [2.75, 3.05) is 25.0 Å². The molecule has 8 nitrogen and oxygen atoms in total. The minimum Gasteiger partial charge on any atom is -0.410 e. The van der Waals surface area contributed by atoms with Crippen LogP contribution in [0.2, 0.25) is 5.02 Å². The van der Waals surface area contributed by atoms with E-state index in [1.165, 1.54) is 74.2 Å². The Balaban J connectivity index is 0.921. The van der Waals surface area contributed by atoms with Gasteiger partial charge in [-0.3, -0.25) is 9.78 Å². The summed E-state index contributed by atoms with van der Waals surface area (Å²) in [5.41, 5.74) is 6.96. The number of halogens is 1. The predicted molar refractivity (Wildman–Crippen MR) is 184 cm³/mol. The number of aromatic nitrogens is 2. The highest BCUT2D eigenvalue weighted by atomic mass is 35.5. The second kappa shape index (κ2) is 16.5. The molecule has 2 amide bonds. The molecule has 45 heavy (non-hydrogen) atoms. The number of fused-ring (bicyclic) bond motifs is 3. The number of unbranched alkanes of at least 4 members (excludes halogenated alkanes) is 7. The van der Waals surface area contributed by atoms with E-state index < -0.39 is 6.09 Å². The molecule has 2 aromatic heterocycles. The monoisotopic (exact) mass is 631 g/mol. The maximum atomic E-state index is 12.3. The average molecular weight is 632 g/mol. The summed E-state index contributed by atoms with van der Waals surface area (Å²) in [5, 5.41) is 12.4. The second-order valence-corrected chi connectivity index (χ2v) is 12.5. The Labute approximate surface area is 271 Å². The summed E-state index contributed by atoms with van der Waals surface area (Å²) in [6.07, 6.45) is 16.1. The molecule has 1 aliphatic carbocycles. The number of pyridine rings is 1.